The average Bonchev–Trinajstić information content (AvgIpc) is 2.73. The lowest BCUT2D eigenvalue weighted by Gasteiger charge is -2.09. The Hall–Kier alpha value is -1.09. The van der Waals surface area contributed by atoms with Gasteiger partial charge < -0.3 is 14.2 Å². The number of fused-ring (bicyclic) bond motifs is 1. The van der Waals surface area contributed by atoms with Crippen LogP contribution in [0.1, 0.15) is 25.3 Å². The fraction of sp³-hybridized carbons (Fsp3) is 0.571. The van der Waals surface area contributed by atoms with Gasteiger partial charge in [0.25, 0.3) is 0 Å². The van der Waals surface area contributed by atoms with Gasteiger partial charge in [-0.15, -0.1) is 11.6 Å². The van der Waals surface area contributed by atoms with Gasteiger partial charge in [0.2, 0.25) is 12.5 Å². The second-order valence-corrected chi connectivity index (χ2v) is 5.83. The molecule has 2 unspecified atom stereocenters. The summed E-state index contributed by atoms with van der Waals surface area (Å²) in [7, 11) is 1.65. The van der Waals surface area contributed by atoms with E-state index in [1.54, 1.807) is 7.11 Å². The molecular weight excluding hydrogens is 252 g/mol. The highest BCUT2D eigenvalue weighted by atomic mass is 35.5. The average molecular weight is 269 g/mol. The van der Waals surface area contributed by atoms with Crippen molar-refractivity contribution in [2.24, 2.45) is 11.3 Å². The first-order valence-electron chi connectivity index (χ1n) is 6.13. The molecule has 0 amide bonds. The Morgan fingerprint density at radius 1 is 1.39 bits per heavy atom. The number of rotatable bonds is 3. The maximum atomic E-state index is 6.03. The summed E-state index contributed by atoms with van der Waals surface area (Å²) in [6.45, 7) is 4.77. The van der Waals surface area contributed by atoms with E-state index in [4.69, 9.17) is 25.8 Å². The Morgan fingerprint density at radius 3 is 2.78 bits per heavy atom. The van der Waals surface area contributed by atoms with E-state index >= 15 is 0 Å². The summed E-state index contributed by atoms with van der Waals surface area (Å²) < 4.78 is 16.2. The fourth-order valence-corrected chi connectivity index (χ4v) is 3.60. The predicted octanol–water partition coefficient (Wildman–Crippen LogP) is 3.40. The minimum atomic E-state index is 0.250. The summed E-state index contributed by atoms with van der Waals surface area (Å²) in [5, 5.41) is 0. The zero-order valence-corrected chi connectivity index (χ0v) is 11.6. The van der Waals surface area contributed by atoms with Gasteiger partial charge in [-0.1, -0.05) is 13.8 Å². The summed E-state index contributed by atoms with van der Waals surface area (Å²) in [5.74, 6) is 3.91. The van der Waals surface area contributed by atoms with Crippen LogP contribution in [0.25, 0.3) is 0 Å². The third-order valence-electron chi connectivity index (χ3n) is 4.26. The first-order chi connectivity index (χ1) is 8.59. The monoisotopic (exact) mass is 268 g/mol. The maximum absolute atomic E-state index is 6.03. The number of hydrogen-bond donors (Lipinski definition) is 0. The molecule has 2 aliphatic rings. The van der Waals surface area contributed by atoms with Crippen LogP contribution in [0.3, 0.4) is 0 Å². The molecule has 98 valence electrons. The molecule has 18 heavy (non-hydrogen) atoms. The lowest BCUT2D eigenvalue weighted by Crippen LogP contribution is -1.93. The van der Waals surface area contributed by atoms with Gasteiger partial charge in [0.1, 0.15) is 0 Å². The summed E-state index contributed by atoms with van der Waals surface area (Å²) in [4.78, 5) is 0. The van der Waals surface area contributed by atoms with E-state index < -0.39 is 0 Å². The number of hydrogen-bond acceptors (Lipinski definition) is 3. The Morgan fingerprint density at radius 2 is 2.17 bits per heavy atom. The molecule has 0 saturated heterocycles. The third kappa shape index (κ3) is 1.57. The SMILES string of the molecule is COc1cc(C2C(CCl)C2(C)C)cc2c1OCO2. The molecule has 0 aromatic heterocycles. The number of methoxy groups -OCH3 is 1. The minimum Gasteiger partial charge on any atom is -0.493 e. The molecule has 0 radical (unpaired) electrons. The van der Waals surface area contributed by atoms with Gasteiger partial charge >= 0.3 is 0 Å². The number of ether oxygens (including phenoxy) is 3. The zero-order chi connectivity index (χ0) is 12.9. The second-order valence-electron chi connectivity index (χ2n) is 5.52. The van der Waals surface area contributed by atoms with Gasteiger partial charge in [0.05, 0.1) is 7.11 Å². The van der Waals surface area contributed by atoms with Gasteiger partial charge in [-0.3, -0.25) is 0 Å². The zero-order valence-electron chi connectivity index (χ0n) is 10.8. The van der Waals surface area contributed by atoms with E-state index in [0.29, 0.717) is 23.5 Å². The largest absolute Gasteiger partial charge is 0.493 e. The molecular formula is C14H17ClO3. The summed E-state index contributed by atoms with van der Waals surface area (Å²) in [6.07, 6.45) is 0. The van der Waals surface area contributed by atoms with Crippen LogP contribution in [-0.2, 0) is 0 Å². The van der Waals surface area contributed by atoms with Gasteiger partial charge in [0, 0.05) is 5.88 Å². The Bertz CT molecular complexity index is 484. The van der Waals surface area contributed by atoms with E-state index in [1.807, 2.05) is 6.07 Å². The molecule has 1 heterocycles. The van der Waals surface area contributed by atoms with Crippen LogP contribution in [-0.4, -0.2) is 19.8 Å². The van der Waals surface area contributed by atoms with Crippen LogP contribution < -0.4 is 14.2 Å². The van der Waals surface area contributed by atoms with Crippen molar-refractivity contribution in [1.29, 1.82) is 0 Å². The minimum absolute atomic E-state index is 0.250. The molecule has 0 N–H and O–H groups in total. The smallest absolute Gasteiger partial charge is 0.231 e. The molecule has 4 heteroatoms. The van der Waals surface area contributed by atoms with Gasteiger partial charge in [0.15, 0.2) is 11.5 Å². The molecule has 3 rings (SSSR count). The Labute approximate surface area is 112 Å². The van der Waals surface area contributed by atoms with E-state index in [-0.39, 0.29) is 12.2 Å². The summed E-state index contributed by atoms with van der Waals surface area (Å²) in [6, 6.07) is 4.11. The van der Waals surface area contributed by atoms with Gasteiger partial charge in [-0.05, 0) is 34.9 Å². The second kappa shape index (κ2) is 3.95. The van der Waals surface area contributed by atoms with Gasteiger partial charge in [-0.2, -0.15) is 0 Å². The topological polar surface area (TPSA) is 27.7 Å². The molecule has 3 nitrogen and oxygen atoms in total. The highest BCUT2D eigenvalue weighted by molar-refractivity contribution is 6.18. The molecule has 1 aliphatic heterocycles. The normalized spacial score (nSPS) is 27.1. The van der Waals surface area contributed by atoms with Crippen molar-refractivity contribution in [3.05, 3.63) is 17.7 Å². The fourth-order valence-electron chi connectivity index (χ4n) is 3.02. The number of alkyl halides is 1. The van der Waals surface area contributed by atoms with Crippen LogP contribution in [0.2, 0.25) is 0 Å². The predicted molar refractivity (Wildman–Crippen MR) is 69.8 cm³/mol. The van der Waals surface area contributed by atoms with E-state index in [2.05, 4.69) is 19.9 Å². The van der Waals surface area contributed by atoms with Crippen molar-refractivity contribution in [2.45, 2.75) is 19.8 Å². The molecule has 2 atom stereocenters. The van der Waals surface area contributed by atoms with Crippen LogP contribution in [0.5, 0.6) is 17.2 Å². The summed E-state index contributed by atoms with van der Waals surface area (Å²) in [5.41, 5.74) is 1.48. The van der Waals surface area contributed by atoms with E-state index in [0.717, 1.165) is 11.5 Å². The van der Waals surface area contributed by atoms with Crippen molar-refractivity contribution in [3.63, 3.8) is 0 Å². The van der Waals surface area contributed by atoms with Crippen molar-refractivity contribution in [3.8, 4) is 17.2 Å². The first-order valence-corrected chi connectivity index (χ1v) is 6.66. The molecule has 1 aliphatic carbocycles. The van der Waals surface area contributed by atoms with Crippen molar-refractivity contribution in [1.82, 2.24) is 0 Å². The lowest BCUT2D eigenvalue weighted by molar-refractivity contribution is 0.171. The highest BCUT2D eigenvalue weighted by Crippen LogP contribution is 2.65. The molecule has 0 spiro atoms. The molecule has 1 saturated carbocycles. The van der Waals surface area contributed by atoms with Crippen molar-refractivity contribution < 1.29 is 14.2 Å². The van der Waals surface area contributed by atoms with Crippen LogP contribution in [0.4, 0.5) is 0 Å². The van der Waals surface area contributed by atoms with Crippen LogP contribution >= 0.6 is 11.6 Å². The third-order valence-corrected chi connectivity index (χ3v) is 4.59. The Balaban J connectivity index is 2.00. The van der Waals surface area contributed by atoms with Gasteiger partial charge in [-0.25, -0.2) is 0 Å². The Kier molecular flexibility index (Phi) is 2.63. The lowest BCUT2D eigenvalue weighted by atomic mass is 10.0. The van der Waals surface area contributed by atoms with Crippen LogP contribution in [0.15, 0.2) is 12.1 Å². The first kappa shape index (κ1) is 12.0. The quantitative estimate of drug-likeness (QED) is 0.787. The highest BCUT2D eigenvalue weighted by Gasteiger charge is 2.57. The van der Waals surface area contributed by atoms with Crippen molar-refractivity contribution in [2.75, 3.05) is 19.8 Å². The summed E-state index contributed by atoms with van der Waals surface area (Å²) >= 11 is 6.03. The maximum Gasteiger partial charge on any atom is 0.231 e. The number of benzene rings is 1. The molecule has 1 aromatic rings. The molecule has 1 fully saturated rings. The number of halogens is 1. The standard InChI is InChI=1S/C14H17ClO3/c1-14(2)9(6-15)12(14)8-4-10(16-3)13-11(5-8)17-7-18-13/h4-5,9,12H,6-7H2,1-3H3. The van der Waals surface area contributed by atoms with Crippen LogP contribution in [0, 0.1) is 11.3 Å². The molecule has 0 bridgehead atoms. The van der Waals surface area contributed by atoms with E-state index in [9.17, 15) is 0 Å². The molecule has 1 aromatic carbocycles. The van der Waals surface area contributed by atoms with Crippen molar-refractivity contribution >= 4 is 11.6 Å². The van der Waals surface area contributed by atoms with E-state index in [1.165, 1.54) is 5.56 Å².